The van der Waals surface area contributed by atoms with Gasteiger partial charge < -0.3 is 14.6 Å². The van der Waals surface area contributed by atoms with Gasteiger partial charge in [0.25, 0.3) is 0 Å². The summed E-state index contributed by atoms with van der Waals surface area (Å²) in [5.41, 5.74) is 0. The van der Waals surface area contributed by atoms with Crippen LogP contribution in [0.5, 0.6) is 0 Å². The number of rotatable bonds is 5. The topological polar surface area (TPSA) is 66.4 Å². The molecule has 0 saturated heterocycles. The van der Waals surface area contributed by atoms with Gasteiger partial charge in [0, 0.05) is 12.4 Å². The summed E-state index contributed by atoms with van der Waals surface area (Å²) >= 11 is 0. The van der Waals surface area contributed by atoms with E-state index in [4.69, 9.17) is 0 Å². The van der Waals surface area contributed by atoms with E-state index in [-0.39, 0.29) is 41.2 Å². The van der Waals surface area contributed by atoms with Crippen molar-refractivity contribution in [2.45, 2.75) is 25.7 Å². The molecule has 0 aromatic carbocycles. The molecule has 74 valence electrons. The molecule has 0 aromatic heterocycles. The van der Waals surface area contributed by atoms with Gasteiger partial charge >= 0.3 is 28.3 Å². The standard InChI is InChI=1S/C7H12O4.Ag/c1-11-7(10)5-3-2-4-6(8)9;/h2-5H2,1H3,(H,8,9);/q;+1/p-1. The number of aliphatic carboxylic acids is 1. The van der Waals surface area contributed by atoms with Crippen molar-refractivity contribution in [2.24, 2.45) is 0 Å². The van der Waals surface area contributed by atoms with Crippen LogP contribution in [0.15, 0.2) is 0 Å². The van der Waals surface area contributed by atoms with E-state index in [0.717, 1.165) is 0 Å². The summed E-state index contributed by atoms with van der Waals surface area (Å²) in [5.74, 6) is -1.38. The molecule has 5 heteroatoms. The molecule has 0 N–H and O–H groups in total. The zero-order chi connectivity index (χ0) is 8.69. The second-order valence-electron chi connectivity index (χ2n) is 2.16. The zero-order valence-corrected chi connectivity index (χ0v) is 8.25. The number of esters is 1. The number of unbranched alkanes of at least 4 members (excludes halogenated alkanes) is 1. The second kappa shape index (κ2) is 8.77. The summed E-state index contributed by atoms with van der Waals surface area (Å²) in [5, 5.41) is 9.89. The third kappa shape index (κ3) is 9.68. The van der Waals surface area contributed by atoms with Gasteiger partial charge in [-0.1, -0.05) is 0 Å². The summed E-state index contributed by atoms with van der Waals surface area (Å²) in [7, 11) is 1.31. The molecule has 0 spiro atoms. The SMILES string of the molecule is COC(=O)CCCCC(=O)[O-].[Ag+]. The molecule has 0 fully saturated rings. The Kier molecular flexibility index (Phi) is 10.4. The number of methoxy groups -OCH3 is 1. The number of carbonyl (C=O) groups is 2. The first-order valence-corrected chi connectivity index (χ1v) is 3.43. The van der Waals surface area contributed by atoms with E-state index in [2.05, 4.69) is 4.74 Å². The van der Waals surface area contributed by atoms with Crippen LogP contribution in [0.2, 0.25) is 0 Å². The summed E-state index contributed by atoms with van der Waals surface area (Å²) in [6.45, 7) is 0. The molecular formula is C7H11AgO4. The summed E-state index contributed by atoms with van der Waals surface area (Å²) in [6.07, 6.45) is 1.30. The fraction of sp³-hybridized carbons (Fsp3) is 0.714. The third-order valence-electron chi connectivity index (χ3n) is 1.24. The minimum atomic E-state index is -1.07. The van der Waals surface area contributed by atoms with Crippen molar-refractivity contribution in [3.8, 4) is 0 Å². The van der Waals surface area contributed by atoms with E-state index >= 15 is 0 Å². The molecule has 0 aliphatic carbocycles. The van der Waals surface area contributed by atoms with Crippen LogP contribution >= 0.6 is 0 Å². The van der Waals surface area contributed by atoms with Gasteiger partial charge in [-0.3, -0.25) is 4.79 Å². The average molecular weight is 267 g/mol. The third-order valence-corrected chi connectivity index (χ3v) is 1.24. The maximum Gasteiger partial charge on any atom is 1.00 e. The molecule has 0 unspecified atom stereocenters. The van der Waals surface area contributed by atoms with E-state index in [9.17, 15) is 14.7 Å². The molecule has 0 aromatic rings. The average Bonchev–Trinajstić information content (AvgIpc) is 1.97. The summed E-state index contributed by atoms with van der Waals surface area (Å²) < 4.78 is 4.36. The maximum absolute atomic E-state index is 10.5. The van der Waals surface area contributed by atoms with Crippen LogP contribution in [0.4, 0.5) is 0 Å². The molecule has 0 amide bonds. The molecule has 12 heavy (non-hydrogen) atoms. The second-order valence-corrected chi connectivity index (χ2v) is 2.16. The van der Waals surface area contributed by atoms with Crippen LogP contribution in [-0.2, 0) is 36.7 Å². The minimum absolute atomic E-state index is 0. The number of hydrogen-bond acceptors (Lipinski definition) is 4. The Balaban J connectivity index is 0. The smallest absolute Gasteiger partial charge is 0.550 e. The Morgan fingerprint density at radius 3 is 2.17 bits per heavy atom. The Hall–Kier alpha value is -0.320. The van der Waals surface area contributed by atoms with Gasteiger partial charge in [0.15, 0.2) is 0 Å². The van der Waals surface area contributed by atoms with Gasteiger partial charge in [-0.15, -0.1) is 0 Å². The molecule has 0 aliphatic rings. The van der Waals surface area contributed by atoms with Gasteiger partial charge in [0.05, 0.1) is 7.11 Å². The molecule has 0 bridgehead atoms. The number of carboxylic acid groups (broad SMARTS) is 1. The van der Waals surface area contributed by atoms with Crippen LogP contribution in [0.25, 0.3) is 0 Å². The predicted molar refractivity (Wildman–Crippen MR) is 35.5 cm³/mol. The Morgan fingerprint density at radius 2 is 1.75 bits per heavy atom. The Labute approximate surface area is 86.8 Å². The van der Waals surface area contributed by atoms with E-state index < -0.39 is 5.97 Å². The Bertz CT molecular complexity index is 146. The fourth-order valence-corrected chi connectivity index (χ4v) is 0.641. The van der Waals surface area contributed by atoms with Crippen molar-refractivity contribution in [1.29, 1.82) is 0 Å². The number of ether oxygens (including phenoxy) is 1. The van der Waals surface area contributed by atoms with E-state index in [1.807, 2.05) is 0 Å². The first-order chi connectivity index (χ1) is 5.16. The van der Waals surface area contributed by atoms with E-state index in [1.165, 1.54) is 7.11 Å². The fourth-order valence-electron chi connectivity index (χ4n) is 0.641. The van der Waals surface area contributed by atoms with Crippen LogP contribution in [-0.4, -0.2) is 19.0 Å². The van der Waals surface area contributed by atoms with Gasteiger partial charge in [0.2, 0.25) is 0 Å². The number of carbonyl (C=O) groups excluding carboxylic acids is 2. The number of hydrogen-bond donors (Lipinski definition) is 0. The molecule has 4 nitrogen and oxygen atoms in total. The van der Waals surface area contributed by atoms with E-state index in [1.54, 1.807) is 0 Å². The predicted octanol–water partition coefficient (Wildman–Crippen LogP) is -0.533. The van der Waals surface area contributed by atoms with Crippen LogP contribution in [0.3, 0.4) is 0 Å². The van der Waals surface area contributed by atoms with Gasteiger partial charge in [0.1, 0.15) is 0 Å². The first-order valence-electron chi connectivity index (χ1n) is 3.43. The van der Waals surface area contributed by atoms with Crippen molar-refractivity contribution in [2.75, 3.05) is 7.11 Å². The molecule has 0 radical (unpaired) electrons. The molecule has 0 aliphatic heterocycles. The van der Waals surface area contributed by atoms with Gasteiger partial charge in [-0.25, -0.2) is 0 Å². The summed E-state index contributed by atoms with van der Waals surface area (Å²) in [4.78, 5) is 20.4. The van der Waals surface area contributed by atoms with Crippen molar-refractivity contribution in [1.82, 2.24) is 0 Å². The van der Waals surface area contributed by atoms with Gasteiger partial charge in [-0.2, -0.15) is 0 Å². The monoisotopic (exact) mass is 266 g/mol. The molecule has 0 atom stereocenters. The minimum Gasteiger partial charge on any atom is -0.550 e. The Morgan fingerprint density at radius 1 is 1.25 bits per heavy atom. The molecular weight excluding hydrogens is 256 g/mol. The molecule has 0 saturated carbocycles. The first kappa shape index (κ1) is 14.2. The largest absolute Gasteiger partial charge is 1.00 e. The van der Waals surface area contributed by atoms with Crippen LogP contribution in [0.1, 0.15) is 25.7 Å². The summed E-state index contributed by atoms with van der Waals surface area (Å²) in [6, 6.07) is 0. The molecule has 0 rings (SSSR count). The zero-order valence-electron chi connectivity index (χ0n) is 6.76. The van der Waals surface area contributed by atoms with Crippen molar-refractivity contribution >= 4 is 11.9 Å². The van der Waals surface area contributed by atoms with E-state index in [0.29, 0.717) is 12.8 Å². The van der Waals surface area contributed by atoms with Crippen molar-refractivity contribution in [3.63, 3.8) is 0 Å². The van der Waals surface area contributed by atoms with Gasteiger partial charge in [-0.05, 0) is 19.3 Å². The quantitative estimate of drug-likeness (QED) is 0.381. The molecule has 0 heterocycles. The van der Waals surface area contributed by atoms with Crippen LogP contribution < -0.4 is 5.11 Å². The normalized spacial score (nSPS) is 8.42. The van der Waals surface area contributed by atoms with Crippen molar-refractivity contribution < 1.29 is 41.8 Å². The van der Waals surface area contributed by atoms with Crippen LogP contribution in [0, 0.1) is 0 Å². The number of carboxylic acids is 1. The van der Waals surface area contributed by atoms with Crippen molar-refractivity contribution in [3.05, 3.63) is 0 Å². The maximum atomic E-state index is 10.5.